The van der Waals surface area contributed by atoms with Crippen LogP contribution in [0.3, 0.4) is 0 Å². The molecule has 0 saturated heterocycles. The summed E-state index contributed by atoms with van der Waals surface area (Å²) in [5.41, 5.74) is 0.727. The van der Waals surface area contributed by atoms with Crippen molar-refractivity contribution in [3.05, 3.63) is 28.2 Å². The SMILES string of the molecule is COC(=O)CNc1ccc(Cl)c(Cl)c1. The summed E-state index contributed by atoms with van der Waals surface area (Å²) in [4.78, 5) is 10.8. The van der Waals surface area contributed by atoms with Crippen LogP contribution >= 0.6 is 23.2 Å². The van der Waals surface area contributed by atoms with Crippen molar-refractivity contribution in [1.82, 2.24) is 0 Å². The van der Waals surface area contributed by atoms with E-state index in [-0.39, 0.29) is 12.5 Å². The highest BCUT2D eigenvalue weighted by atomic mass is 35.5. The topological polar surface area (TPSA) is 38.3 Å². The summed E-state index contributed by atoms with van der Waals surface area (Å²) in [5.74, 6) is -0.337. The minimum Gasteiger partial charge on any atom is -0.468 e. The van der Waals surface area contributed by atoms with Gasteiger partial charge in [-0.3, -0.25) is 4.79 Å². The van der Waals surface area contributed by atoms with Gasteiger partial charge < -0.3 is 10.1 Å². The van der Waals surface area contributed by atoms with Crippen molar-refractivity contribution in [1.29, 1.82) is 0 Å². The van der Waals surface area contributed by atoms with Gasteiger partial charge in [-0.05, 0) is 18.2 Å². The number of anilines is 1. The zero-order valence-electron chi connectivity index (χ0n) is 7.51. The van der Waals surface area contributed by atoms with Crippen molar-refractivity contribution in [2.45, 2.75) is 0 Å². The smallest absolute Gasteiger partial charge is 0.325 e. The molecule has 0 saturated carbocycles. The molecule has 0 unspecified atom stereocenters. The first-order valence-corrected chi connectivity index (χ1v) is 4.65. The van der Waals surface area contributed by atoms with Gasteiger partial charge in [0.1, 0.15) is 6.54 Å². The molecule has 76 valence electrons. The van der Waals surface area contributed by atoms with Crippen LogP contribution in [-0.2, 0) is 9.53 Å². The highest BCUT2D eigenvalue weighted by Gasteiger charge is 2.01. The van der Waals surface area contributed by atoms with Gasteiger partial charge in [-0.1, -0.05) is 23.2 Å². The van der Waals surface area contributed by atoms with Crippen molar-refractivity contribution < 1.29 is 9.53 Å². The number of carbonyl (C=O) groups excluding carboxylic acids is 1. The second kappa shape index (κ2) is 5.08. The molecule has 0 spiro atoms. The van der Waals surface area contributed by atoms with Gasteiger partial charge in [-0.2, -0.15) is 0 Å². The lowest BCUT2D eigenvalue weighted by atomic mass is 10.3. The van der Waals surface area contributed by atoms with Crippen LogP contribution in [0, 0.1) is 0 Å². The number of hydrogen-bond donors (Lipinski definition) is 1. The molecule has 0 heterocycles. The van der Waals surface area contributed by atoms with E-state index in [0.717, 1.165) is 5.69 Å². The largest absolute Gasteiger partial charge is 0.468 e. The molecule has 0 fully saturated rings. The quantitative estimate of drug-likeness (QED) is 0.817. The third-order valence-electron chi connectivity index (χ3n) is 1.58. The summed E-state index contributed by atoms with van der Waals surface area (Å²) >= 11 is 11.5. The van der Waals surface area contributed by atoms with E-state index in [1.165, 1.54) is 7.11 Å². The van der Waals surface area contributed by atoms with Crippen LogP contribution in [0.1, 0.15) is 0 Å². The molecule has 3 nitrogen and oxygen atoms in total. The Morgan fingerprint density at radius 1 is 1.43 bits per heavy atom. The summed E-state index contributed by atoms with van der Waals surface area (Å²) < 4.78 is 4.47. The third kappa shape index (κ3) is 3.09. The highest BCUT2D eigenvalue weighted by Crippen LogP contribution is 2.24. The molecule has 0 radical (unpaired) electrons. The van der Waals surface area contributed by atoms with E-state index in [4.69, 9.17) is 23.2 Å². The maximum atomic E-state index is 10.8. The lowest BCUT2D eigenvalue weighted by molar-refractivity contribution is -0.138. The molecule has 0 bridgehead atoms. The lowest BCUT2D eigenvalue weighted by Gasteiger charge is -2.05. The van der Waals surface area contributed by atoms with E-state index in [9.17, 15) is 4.79 Å². The third-order valence-corrected chi connectivity index (χ3v) is 2.32. The molecule has 1 aromatic rings. The van der Waals surface area contributed by atoms with Gasteiger partial charge in [0.25, 0.3) is 0 Å². The van der Waals surface area contributed by atoms with Gasteiger partial charge in [0.05, 0.1) is 17.2 Å². The number of methoxy groups -OCH3 is 1. The van der Waals surface area contributed by atoms with Gasteiger partial charge in [-0.15, -0.1) is 0 Å². The fourth-order valence-electron chi connectivity index (χ4n) is 0.852. The van der Waals surface area contributed by atoms with E-state index in [2.05, 4.69) is 10.1 Å². The molecule has 1 aromatic carbocycles. The van der Waals surface area contributed by atoms with Crippen LogP contribution in [-0.4, -0.2) is 19.6 Å². The standard InChI is InChI=1S/C9H9Cl2NO2/c1-14-9(13)5-12-6-2-3-7(10)8(11)4-6/h2-4,12H,5H2,1H3. The number of esters is 1. The highest BCUT2D eigenvalue weighted by molar-refractivity contribution is 6.42. The average Bonchev–Trinajstić information content (AvgIpc) is 2.19. The van der Waals surface area contributed by atoms with Gasteiger partial charge in [0.15, 0.2) is 0 Å². The second-order valence-electron chi connectivity index (χ2n) is 2.56. The second-order valence-corrected chi connectivity index (χ2v) is 3.37. The number of hydrogen-bond acceptors (Lipinski definition) is 3. The number of nitrogens with one attached hydrogen (secondary N) is 1. The number of rotatable bonds is 3. The Labute approximate surface area is 92.0 Å². The monoisotopic (exact) mass is 233 g/mol. The molecule has 0 amide bonds. The van der Waals surface area contributed by atoms with Crippen LogP contribution in [0.5, 0.6) is 0 Å². The molecule has 0 atom stereocenters. The van der Waals surface area contributed by atoms with E-state index in [1.54, 1.807) is 18.2 Å². The van der Waals surface area contributed by atoms with E-state index >= 15 is 0 Å². The molecule has 1 rings (SSSR count). The molecule has 0 aliphatic carbocycles. The Hall–Kier alpha value is -0.930. The van der Waals surface area contributed by atoms with Crippen molar-refractivity contribution in [3.63, 3.8) is 0 Å². The Balaban J connectivity index is 2.60. The van der Waals surface area contributed by atoms with Crippen molar-refractivity contribution in [2.75, 3.05) is 19.0 Å². The first-order chi connectivity index (χ1) is 6.63. The first-order valence-electron chi connectivity index (χ1n) is 3.89. The predicted molar refractivity (Wildman–Crippen MR) is 57.0 cm³/mol. The summed E-state index contributed by atoms with van der Waals surface area (Å²) in [5, 5.41) is 3.77. The van der Waals surface area contributed by atoms with Crippen molar-refractivity contribution >= 4 is 34.9 Å². The fraction of sp³-hybridized carbons (Fsp3) is 0.222. The lowest BCUT2D eigenvalue weighted by Crippen LogP contribution is -2.14. The maximum absolute atomic E-state index is 10.8. The van der Waals surface area contributed by atoms with Crippen LogP contribution in [0.15, 0.2) is 18.2 Å². The van der Waals surface area contributed by atoms with Crippen LogP contribution in [0.25, 0.3) is 0 Å². The van der Waals surface area contributed by atoms with E-state index < -0.39 is 0 Å². The zero-order valence-corrected chi connectivity index (χ0v) is 9.02. The molecular formula is C9H9Cl2NO2. The summed E-state index contributed by atoms with van der Waals surface area (Å²) in [6, 6.07) is 5.04. The van der Waals surface area contributed by atoms with E-state index in [1.807, 2.05) is 0 Å². The zero-order chi connectivity index (χ0) is 10.6. The summed E-state index contributed by atoms with van der Waals surface area (Å²) in [6.45, 7) is 0.106. The molecule has 5 heteroatoms. The Bertz CT molecular complexity index is 342. The molecule has 0 aromatic heterocycles. The van der Waals surface area contributed by atoms with Crippen LogP contribution in [0.2, 0.25) is 10.0 Å². The number of benzene rings is 1. The van der Waals surface area contributed by atoms with Crippen molar-refractivity contribution in [2.24, 2.45) is 0 Å². The maximum Gasteiger partial charge on any atom is 0.325 e. The molecule has 14 heavy (non-hydrogen) atoms. The van der Waals surface area contributed by atoms with Gasteiger partial charge in [0.2, 0.25) is 0 Å². The molecule has 1 N–H and O–H groups in total. The fourth-order valence-corrected chi connectivity index (χ4v) is 1.15. The first kappa shape index (κ1) is 11.1. The summed E-state index contributed by atoms with van der Waals surface area (Å²) in [6.07, 6.45) is 0. The van der Waals surface area contributed by atoms with Gasteiger partial charge in [-0.25, -0.2) is 0 Å². The minimum atomic E-state index is -0.337. The normalized spacial score (nSPS) is 9.64. The number of ether oxygens (including phenoxy) is 1. The van der Waals surface area contributed by atoms with Crippen LogP contribution < -0.4 is 5.32 Å². The summed E-state index contributed by atoms with van der Waals surface area (Å²) in [7, 11) is 1.33. The Morgan fingerprint density at radius 3 is 2.71 bits per heavy atom. The Morgan fingerprint density at radius 2 is 2.14 bits per heavy atom. The molecular weight excluding hydrogens is 225 g/mol. The van der Waals surface area contributed by atoms with Crippen LogP contribution in [0.4, 0.5) is 5.69 Å². The van der Waals surface area contributed by atoms with Gasteiger partial charge in [0, 0.05) is 5.69 Å². The molecule has 0 aliphatic rings. The van der Waals surface area contributed by atoms with Gasteiger partial charge >= 0.3 is 5.97 Å². The van der Waals surface area contributed by atoms with Crippen molar-refractivity contribution in [3.8, 4) is 0 Å². The number of carbonyl (C=O) groups is 1. The molecule has 0 aliphatic heterocycles. The average molecular weight is 234 g/mol. The Kier molecular flexibility index (Phi) is 4.04. The number of halogens is 2. The minimum absolute atomic E-state index is 0.106. The predicted octanol–water partition coefficient (Wildman–Crippen LogP) is 2.58. The van der Waals surface area contributed by atoms with E-state index in [0.29, 0.717) is 10.0 Å².